The maximum atomic E-state index is 13.8. The van der Waals surface area contributed by atoms with Gasteiger partial charge in [-0.05, 0) is 72.1 Å². The lowest BCUT2D eigenvalue weighted by atomic mass is 9.78. The van der Waals surface area contributed by atoms with E-state index in [-0.39, 0.29) is 24.2 Å². The molecule has 1 aliphatic rings. The van der Waals surface area contributed by atoms with E-state index in [1.165, 1.54) is 0 Å². The Balaban J connectivity index is 2.12. The molecule has 2 aromatic carbocycles. The number of hydrogen-bond acceptors (Lipinski definition) is 5. The third kappa shape index (κ3) is 7.20. The third-order valence-corrected chi connectivity index (χ3v) is 6.22. The van der Waals surface area contributed by atoms with E-state index in [9.17, 15) is 14.4 Å². The lowest BCUT2D eigenvalue weighted by molar-refractivity contribution is -0.165. The van der Waals surface area contributed by atoms with Crippen LogP contribution >= 0.6 is 11.6 Å². The highest BCUT2D eigenvalue weighted by Crippen LogP contribution is 2.51. The van der Waals surface area contributed by atoms with Crippen molar-refractivity contribution < 1.29 is 23.9 Å². The largest absolute Gasteiger partial charge is 0.459 e. The van der Waals surface area contributed by atoms with Gasteiger partial charge in [0, 0.05) is 27.7 Å². The molecule has 5 nitrogen and oxygen atoms in total. The summed E-state index contributed by atoms with van der Waals surface area (Å²) in [7, 11) is 0. The molecule has 0 saturated heterocycles. The molecule has 3 rings (SSSR count). The van der Waals surface area contributed by atoms with Gasteiger partial charge in [0.15, 0.2) is 5.78 Å². The van der Waals surface area contributed by atoms with E-state index >= 15 is 0 Å². The quantitative estimate of drug-likeness (QED) is 0.217. The molecule has 0 fully saturated rings. The first-order valence-electron chi connectivity index (χ1n) is 12.3. The van der Waals surface area contributed by atoms with E-state index < -0.39 is 34.5 Å². The Morgan fingerprint density at radius 1 is 0.919 bits per heavy atom. The Kier molecular flexibility index (Phi) is 8.18. The van der Waals surface area contributed by atoms with Crippen molar-refractivity contribution in [2.24, 2.45) is 5.41 Å². The molecule has 0 aliphatic heterocycles. The Morgan fingerprint density at radius 3 is 2.03 bits per heavy atom. The first kappa shape index (κ1) is 28.4. The van der Waals surface area contributed by atoms with Crippen molar-refractivity contribution in [3.63, 3.8) is 0 Å². The van der Waals surface area contributed by atoms with Gasteiger partial charge in [0.05, 0.1) is 5.41 Å². The van der Waals surface area contributed by atoms with Gasteiger partial charge >= 0.3 is 11.9 Å². The SMILES string of the molecule is C=C(C[C@]1(C(=O)OC(C)(C)C)C=C(C(=O)c2ccccc2)[C@@H](c2ccc(Cl)cc2)C1)C(=O)OC(C)(C)C. The van der Waals surface area contributed by atoms with Crippen molar-refractivity contribution in [3.8, 4) is 0 Å². The summed E-state index contributed by atoms with van der Waals surface area (Å²) in [6, 6.07) is 16.1. The Hall–Kier alpha value is -3.18. The second kappa shape index (κ2) is 10.7. The molecule has 0 amide bonds. The van der Waals surface area contributed by atoms with Crippen LogP contribution in [0.5, 0.6) is 0 Å². The van der Waals surface area contributed by atoms with Crippen molar-refractivity contribution in [1.82, 2.24) is 0 Å². The zero-order valence-electron chi connectivity index (χ0n) is 22.4. The maximum absolute atomic E-state index is 13.8. The van der Waals surface area contributed by atoms with Gasteiger partial charge in [-0.15, -0.1) is 0 Å². The average molecular weight is 523 g/mol. The van der Waals surface area contributed by atoms with Gasteiger partial charge in [-0.1, -0.05) is 66.7 Å². The fraction of sp³-hybridized carbons (Fsp3) is 0.387. The fourth-order valence-corrected chi connectivity index (χ4v) is 4.55. The van der Waals surface area contributed by atoms with Gasteiger partial charge in [0.25, 0.3) is 0 Å². The van der Waals surface area contributed by atoms with Crippen LogP contribution in [0, 0.1) is 5.41 Å². The molecule has 196 valence electrons. The molecule has 0 saturated carbocycles. The molecule has 2 aromatic rings. The molecule has 0 unspecified atom stereocenters. The number of Topliss-reactive ketones (excluding diaryl/α,β-unsaturated/α-hetero) is 1. The molecule has 0 N–H and O–H groups in total. The minimum Gasteiger partial charge on any atom is -0.459 e. The Labute approximate surface area is 224 Å². The van der Waals surface area contributed by atoms with Crippen LogP contribution in [0.25, 0.3) is 0 Å². The van der Waals surface area contributed by atoms with Gasteiger partial charge < -0.3 is 9.47 Å². The number of halogens is 1. The summed E-state index contributed by atoms with van der Waals surface area (Å²) in [6.45, 7) is 14.6. The lowest BCUT2D eigenvalue weighted by Crippen LogP contribution is -2.37. The normalized spacial score (nSPS) is 19.6. The standard InChI is InChI=1S/C31H35ClO5/c1-20(27(34)36-29(2,3)4)17-31(28(35)37-30(5,6)7)18-24(21-13-15-23(32)16-14-21)25(19-31)26(33)22-11-9-8-10-12-22/h8-16,19,24H,1,17-18H2,2-7H3/t24-,31-/m1/s1. The highest BCUT2D eigenvalue weighted by Gasteiger charge is 2.50. The molecule has 37 heavy (non-hydrogen) atoms. The summed E-state index contributed by atoms with van der Waals surface area (Å²) in [5.74, 6) is -1.70. The summed E-state index contributed by atoms with van der Waals surface area (Å²) in [5.41, 5.74) is -0.813. The van der Waals surface area contributed by atoms with E-state index in [4.69, 9.17) is 21.1 Å². The molecule has 2 atom stereocenters. The summed E-state index contributed by atoms with van der Waals surface area (Å²) in [6.07, 6.45) is 1.89. The van der Waals surface area contributed by atoms with Crippen LogP contribution in [-0.2, 0) is 19.1 Å². The van der Waals surface area contributed by atoms with Crippen molar-refractivity contribution in [1.29, 1.82) is 0 Å². The van der Waals surface area contributed by atoms with Gasteiger partial charge in [-0.25, -0.2) is 4.79 Å². The third-order valence-electron chi connectivity index (χ3n) is 5.97. The van der Waals surface area contributed by atoms with Crippen LogP contribution < -0.4 is 0 Å². The number of esters is 2. The summed E-state index contributed by atoms with van der Waals surface area (Å²) in [5, 5.41) is 0.568. The molecule has 0 spiro atoms. The van der Waals surface area contributed by atoms with Crippen molar-refractivity contribution in [2.45, 2.75) is 71.5 Å². The minimum absolute atomic E-state index is 0.0352. The highest BCUT2D eigenvalue weighted by molar-refractivity contribution is 6.30. The molecule has 0 bridgehead atoms. The summed E-state index contributed by atoms with van der Waals surface area (Å²) < 4.78 is 11.3. The van der Waals surface area contributed by atoms with Crippen LogP contribution in [0.4, 0.5) is 0 Å². The summed E-state index contributed by atoms with van der Waals surface area (Å²) >= 11 is 6.13. The maximum Gasteiger partial charge on any atom is 0.333 e. The number of carbonyl (C=O) groups is 3. The number of rotatable bonds is 7. The fourth-order valence-electron chi connectivity index (χ4n) is 4.42. The number of ether oxygens (including phenoxy) is 2. The lowest BCUT2D eigenvalue weighted by Gasteiger charge is -2.31. The smallest absolute Gasteiger partial charge is 0.333 e. The monoisotopic (exact) mass is 522 g/mol. The van der Waals surface area contributed by atoms with Crippen LogP contribution in [0.3, 0.4) is 0 Å². The zero-order valence-corrected chi connectivity index (χ0v) is 23.1. The van der Waals surface area contributed by atoms with E-state index in [1.807, 2.05) is 18.2 Å². The number of ketones is 1. The van der Waals surface area contributed by atoms with Crippen molar-refractivity contribution >= 4 is 29.3 Å². The molecular weight excluding hydrogens is 488 g/mol. The molecular formula is C31H35ClO5. The first-order chi connectivity index (χ1) is 17.1. The first-order valence-corrected chi connectivity index (χ1v) is 12.7. The van der Waals surface area contributed by atoms with Gasteiger partial charge in [0.2, 0.25) is 0 Å². The number of hydrogen-bond donors (Lipinski definition) is 0. The topological polar surface area (TPSA) is 69.7 Å². The van der Waals surface area contributed by atoms with Crippen LogP contribution in [0.15, 0.2) is 78.4 Å². The van der Waals surface area contributed by atoms with Crippen LogP contribution in [0.2, 0.25) is 5.02 Å². The zero-order chi connectivity index (χ0) is 27.6. The predicted octanol–water partition coefficient (Wildman–Crippen LogP) is 7.25. The molecule has 0 radical (unpaired) electrons. The Morgan fingerprint density at radius 2 is 1.49 bits per heavy atom. The highest BCUT2D eigenvalue weighted by atomic mass is 35.5. The number of carbonyl (C=O) groups excluding carboxylic acids is 3. The van der Waals surface area contributed by atoms with Crippen molar-refractivity contribution in [3.05, 3.63) is 94.5 Å². The molecule has 0 aromatic heterocycles. The van der Waals surface area contributed by atoms with E-state index in [1.54, 1.807) is 84.0 Å². The van der Waals surface area contributed by atoms with E-state index in [0.717, 1.165) is 5.56 Å². The van der Waals surface area contributed by atoms with Gasteiger partial charge in [0.1, 0.15) is 11.2 Å². The number of benzene rings is 2. The van der Waals surface area contributed by atoms with Crippen LogP contribution in [0.1, 0.15) is 76.2 Å². The molecule has 6 heteroatoms. The minimum atomic E-state index is -1.29. The van der Waals surface area contributed by atoms with Crippen molar-refractivity contribution in [2.75, 3.05) is 0 Å². The second-order valence-electron chi connectivity index (χ2n) is 11.5. The number of allylic oxidation sites excluding steroid dienone is 1. The van der Waals surface area contributed by atoms with E-state index in [0.29, 0.717) is 16.2 Å². The second-order valence-corrected chi connectivity index (χ2v) is 12.0. The average Bonchev–Trinajstić information content (AvgIpc) is 3.18. The van der Waals surface area contributed by atoms with E-state index in [2.05, 4.69) is 6.58 Å². The van der Waals surface area contributed by atoms with Gasteiger partial charge in [-0.2, -0.15) is 0 Å². The van der Waals surface area contributed by atoms with Gasteiger partial charge in [-0.3, -0.25) is 9.59 Å². The Bertz CT molecular complexity index is 1210. The molecule has 1 aliphatic carbocycles. The molecule has 0 heterocycles. The summed E-state index contributed by atoms with van der Waals surface area (Å²) in [4.78, 5) is 40.4. The predicted molar refractivity (Wildman–Crippen MR) is 146 cm³/mol. The van der Waals surface area contributed by atoms with Crippen LogP contribution in [-0.4, -0.2) is 28.9 Å².